The van der Waals surface area contributed by atoms with E-state index in [4.69, 9.17) is 4.74 Å². The topological polar surface area (TPSA) is 67.7 Å². The number of amides is 2. The number of imidazole rings is 1. The third-order valence-electron chi connectivity index (χ3n) is 5.26. The van der Waals surface area contributed by atoms with Crippen molar-refractivity contribution < 1.29 is 14.3 Å². The highest BCUT2D eigenvalue weighted by Crippen LogP contribution is 2.36. The second kappa shape index (κ2) is 6.20. The quantitative estimate of drug-likeness (QED) is 0.807. The lowest BCUT2D eigenvalue weighted by atomic mass is 9.99. The number of rotatable bonds is 5. The Bertz CT molecular complexity index is 640. The summed E-state index contributed by atoms with van der Waals surface area (Å²) in [6.45, 7) is 4.84. The molecule has 0 unspecified atom stereocenters. The predicted octanol–water partition coefficient (Wildman–Crippen LogP) is 1.02. The van der Waals surface area contributed by atoms with Crippen LogP contribution in [0.25, 0.3) is 0 Å². The summed E-state index contributed by atoms with van der Waals surface area (Å²) in [6.07, 6.45) is 6.45. The Morgan fingerprint density at radius 1 is 1.38 bits per heavy atom. The maximum absolute atomic E-state index is 13.0. The molecule has 4 rings (SSSR count). The molecule has 0 radical (unpaired) electrons. The number of hydrogen-bond donors (Lipinski definition) is 0. The van der Waals surface area contributed by atoms with Crippen LogP contribution in [0, 0.1) is 11.8 Å². The highest BCUT2D eigenvalue weighted by Gasteiger charge is 2.43. The highest BCUT2D eigenvalue weighted by molar-refractivity contribution is 5.89. The van der Waals surface area contributed by atoms with Gasteiger partial charge in [-0.15, -0.1) is 0 Å². The zero-order valence-corrected chi connectivity index (χ0v) is 14.1. The minimum absolute atomic E-state index is 0.0230. The van der Waals surface area contributed by atoms with Crippen LogP contribution in [-0.4, -0.2) is 57.5 Å². The van der Waals surface area contributed by atoms with Gasteiger partial charge in [0.15, 0.2) is 0 Å². The van der Waals surface area contributed by atoms with E-state index in [0.717, 1.165) is 18.9 Å². The summed E-state index contributed by atoms with van der Waals surface area (Å²) >= 11 is 0. The van der Waals surface area contributed by atoms with Gasteiger partial charge in [0, 0.05) is 32.1 Å². The normalized spacial score (nSPS) is 27.3. The molecule has 24 heavy (non-hydrogen) atoms. The molecule has 0 spiro atoms. The van der Waals surface area contributed by atoms with Crippen LogP contribution in [-0.2, 0) is 20.9 Å². The number of aromatic nitrogens is 2. The van der Waals surface area contributed by atoms with E-state index >= 15 is 0 Å². The first-order valence-electron chi connectivity index (χ1n) is 8.86. The summed E-state index contributed by atoms with van der Waals surface area (Å²) in [6, 6.07) is 0. The molecule has 1 aliphatic carbocycles. The van der Waals surface area contributed by atoms with Gasteiger partial charge in [-0.2, -0.15) is 0 Å². The Labute approximate surface area is 141 Å². The summed E-state index contributed by atoms with van der Waals surface area (Å²) in [7, 11) is 0. The first-order valence-corrected chi connectivity index (χ1v) is 8.86. The molecule has 130 valence electrons. The molecular weight excluding hydrogens is 308 g/mol. The first-order chi connectivity index (χ1) is 11.7. The van der Waals surface area contributed by atoms with Crippen LogP contribution >= 0.6 is 0 Å². The van der Waals surface area contributed by atoms with Crippen LogP contribution in [0.5, 0.6) is 0 Å². The van der Waals surface area contributed by atoms with E-state index in [1.54, 1.807) is 11.1 Å². The molecule has 3 fully saturated rings. The van der Waals surface area contributed by atoms with Gasteiger partial charge in [0.25, 0.3) is 0 Å². The smallest absolute Gasteiger partial charge is 0.243 e. The zero-order chi connectivity index (χ0) is 16.7. The second-order valence-corrected chi connectivity index (χ2v) is 7.00. The Morgan fingerprint density at radius 2 is 2.21 bits per heavy atom. The average molecular weight is 332 g/mol. The van der Waals surface area contributed by atoms with Gasteiger partial charge < -0.3 is 19.1 Å². The minimum atomic E-state index is -0.306. The van der Waals surface area contributed by atoms with Crippen molar-refractivity contribution >= 4 is 11.8 Å². The molecule has 2 saturated heterocycles. The summed E-state index contributed by atoms with van der Waals surface area (Å²) in [5.74, 6) is 1.30. The summed E-state index contributed by atoms with van der Waals surface area (Å²) in [5.41, 5.74) is 0. The number of ether oxygens (including phenoxy) is 1. The van der Waals surface area contributed by atoms with Gasteiger partial charge in [0.2, 0.25) is 11.8 Å². The monoisotopic (exact) mass is 332 g/mol. The van der Waals surface area contributed by atoms with E-state index in [1.807, 2.05) is 22.6 Å². The second-order valence-electron chi connectivity index (χ2n) is 7.00. The van der Waals surface area contributed by atoms with Gasteiger partial charge in [-0.1, -0.05) is 0 Å². The SMILES string of the molecule is CCn1ccnc1[C@@H]1OCC[C@H]1C(=O)N1CC(=O)N(CC2CC2)C1. The fraction of sp³-hybridized carbons (Fsp3) is 0.706. The van der Waals surface area contributed by atoms with E-state index in [0.29, 0.717) is 25.6 Å². The van der Waals surface area contributed by atoms with Crippen LogP contribution < -0.4 is 0 Å². The number of carbonyl (C=O) groups is 2. The van der Waals surface area contributed by atoms with E-state index < -0.39 is 0 Å². The fourth-order valence-electron chi connectivity index (χ4n) is 3.69. The maximum atomic E-state index is 13.0. The fourth-order valence-corrected chi connectivity index (χ4v) is 3.69. The van der Waals surface area contributed by atoms with Crippen molar-refractivity contribution in [3.63, 3.8) is 0 Å². The molecule has 2 amide bonds. The molecular formula is C17H24N4O3. The van der Waals surface area contributed by atoms with E-state index in [9.17, 15) is 9.59 Å². The van der Waals surface area contributed by atoms with Crippen LogP contribution in [0.1, 0.15) is 38.1 Å². The lowest BCUT2D eigenvalue weighted by Crippen LogP contribution is -2.37. The Hall–Kier alpha value is -1.89. The van der Waals surface area contributed by atoms with E-state index in [1.165, 1.54) is 12.8 Å². The molecule has 2 aliphatic heterocycles. The van der Waals surface area contributed by atoms with Crippen molar-refractivity contribution in [1.82, 2.24) is 19.4 Å². The van der Waals surface area contributed by atoms with Crippen molar-refractivity contribution in [2.45, 2.75) is 38.8 Å². The summed E-state index contributed by atoms with van der Waals surface area (Å²) in [5, 5.41) is 0. The zero-order valence-electron chi connectivity index (χ0n) is 14.1. The third-order valence-corrected chi connectivity index (χ3v) is 5.26. The third kappa shape index (κ3) is 2.81. The molecule has 0 aromatic carbocycles. The van der Waals surface area contributed by atoms with Crippen molar-refractivity contribution in [3.8, 4) is 0 Å². The minimum Gasteiger partial charge on any atom is -0.369 e. The number of hydrogen-bond acceptors (Lipinski definition) is 4. The molecule has 3 heterocycles. The van der Waals surface area contributed by atoms with Crippen molar-refractivity contribution in [2.75, 3.05) is 26.4 Å². The van der Waals surface area contributed by atoms with Gasteiger partial charge in [-0.3, -0.25) is 9.59 Å². The Morgan fingerprint density at radius 3 is 2.96 bits per heavy atom. The molecule has 2 atom stereocenters. The van der Waals surface area contributed by atoms with Crippen LogP contribution in [0.2, 0.25) is 0 Å². The maximum Gasteiger partial charge on any atom is 0.243 e. The molecule has 1 saturated carbocycles. The van der Waals surface area contributed by atoms with Crippen molar-refractivity contribution in [2.24, 2.45) is 11.8 Å². The van der Waals surface area contributed by atoms with Crippen molar-refractivity contribution in [3.05, 3.63) is 18.2 Å². The molecule has 7 nitrogen and oxygen atoms in total. The number of nitrogens with zero attached hydrogens (tertiary/aromatic N) is 4. The molecule has 0 N–H and O–H groups in total. The molecule has 1 aromatic heterocycles. The van der Waals surface area contributed by atoms with E-state index in [2.05, 4.69) is 4.98 Å². The Balaban J connectivity index is 1.46. The van der Waals surface area contributed by atoms with Crippen molar-refractivity contribution in [1.29, 1.82) is 0 Å². The summed E-state index contributed by atoms with van der Waals surface area (Å²) < 4.78 is 7.85. The summed E-state index contributed by atoms with van der Waals surface area (Å²) in [4.78, 5) is 33.1. The van der Waals surface area contributed by atoms with Gasteiger partial charge >= 0.3 is 0 Å². The molecule has 0 bridgehead atoms. The van der Waals surface area contributed by atoms with Gasteiger partial charge in [0.05, 0.1) is 12.6 Å². The average Bonchev–Trinajstić information content (AvgIpc) is 2.99. The van der Waals surface area contributed by atoms with E-state index in [-0.39, 0.29) is 30.4 Å². The Kier molecular flexibility index (Phi) is 4.04. The van der Waals surface area contributed by atoms with Gasteiger partial charge in [0.1, 0.15) is 18.5 Å². The first kappa shape index (κ1) is 15.6. The molecule has 3 aliphatic rings. The standard InChI is InChI=1S/C17H24N4O3/c1-2-19-7-6-18-16(19)15-13(5-8-24-15)17(23)21-10-14(22)20(11-21)9-12-3-4-12/h6-7,12-13,15H,2-5,8-11H2,1H3/t13-,15-/m1/s1. The highest BCUT2D eigenvalue weighted by atomic mass is 16.5. The number of aryl methyl sites for hydroxylation is 1. The molecule has 1 aromatic rings. The number of carbonyl (C=O) groups excluding carboxylic acids is 2. The van der Waals surface area contributed by atoms with Gasteiger partial charge in [-0.25, -0.2) is 4.98 Å². The van der Waals surface area contributed by atoms with Crippen LogP contribution in [0.4, 0.5) is 0 Å². The predicted molar refractivity (Wildman–Crippen MR) is 85.7 cm³/mol. The van der Waals surface area contributed by atoms with Gasteiger partial charge in [-0.05, 0) is 32.1 Å². The largest absolute Gasteiger partial charge is 0.369 e. The van der Waals surface area contributed by atoms with Crippen LogP contribution in [0.15, 0.2) is 12.4 Å². The molecule has 7 heteroatoms. The lowest BCUT2D eigenvalue weighted by molar-refractivity contribution is -0.137. The lowest BCUT2D eigenvalue weighted by Gasteiger charge is -2.24. The van der Waals surface area contributed by atoms with Crippen LogP contribution in [0.3, 0.4) is 0 Å².